The Morgan fingerprint density at radius 3 is 2.86 bits per heavy atom. The first-order valence-electron chi connectivity index (χ1n) is 6.97. The molecule has 0 spiro atoms. The smallest absolute Gasteiger partial charge is 0.257 e. The number of rotatable bonds is 2. The van der Waals surface area contributed by atoms with E-state index in [0.717, 1.165) is 18.7 Å². The third-order valence-corrected chi connectivity index (χ3v) is 4.61. The average molecular weight is 299 g/mol. The van der Waals surface area contributed by atoms with Gasteiger partial charge in [-0.3, -0.25) is 4.79 Å². The molecule has 0 bridgehead atoms. The molecule has 21 heavy (non-hydrogen) atoms. The fourth-order valence-electron chi connectivity index (χ4n) is 2.50. The van der Waals surface area contributed by atoms with E-state index in [9.17, 15) is 4.79 Å². The number of carbonyl (C=O) groups is 1. The Labute approximate surface area is 128 Å². The fourth-order valence-corrected chi connectivity index (χ4v) is 3.30. The summed E-state index contributed by atoms with van der Waals surface area (Å²) in [6.45, 7) is 5.09. The summed E-state index contributed by atoms with van der Waals surface area (Å²) in [6.07, 6.45) is 4.69. The Morgan fingerprint density at radius 2 is 2.24 bits per heavy atom. The van der Waals surface area contributed by atoms with E-state index in [1.54, 1.807) is 17.5 Å². The second-order valence-electron chi connectivity index (χ2n) is 5.12. The monoisotopic (exact) mass is 299 g/mol. The SMILES string of the molecule is Cc1ncc(C(=O)N2CC=C(c3cccs3)CC2)c(C)n1. The second kappa shape index (κ2) is 5.77. The molecular formula is C16H17N3OS. The highest BCUT2D eigenvalue weighted by Crippen LogP contribution is 2.26. The molecule has 0 aliphatic carbocycles. The lowest BCUT2D eigenvalue weighted by Gasteiger charge is -2.26. The molecule has 0 aromatic carbocycles. The van der Waals surface area contributed by atoms with Crippen molar-refractivity contribution in [3.05, 3.63) is 51.7 Å². The summed E-state index contributed by atoms with van der Waals surface area (Å²) >= 11 is 1.75. The van der Waals surface area contributed by atoms with Gasteiger partial charge in [-0.25, -0.2) is 9.97 Å². The summed E-state index contributed by atoms with van der Waals surface area (Å²) in [7, 11) is 0. The molecule has 0 atom stereocenters. The quantitative estimate of drug-likeness (QED) is 0.856. The van der Waals surface area contributed by atoms with Crippen molar-refractivity contribution in [2.75, 3.05) is 13.1 Å². The van der Waals surface area contributed by atoms with Crippen molar-refractivity contribution in [2.45, 2.75) is 20.3 Å². The van der Waals surface area contributed by atoms with E-state index >= 15 is 0 Å². The number of thiophene rings is 1. The van der Waals surface area contributed by atoms with Crippen LogP contribution < -0.4 is 0 Å². The summed E-state index contributed by atoms with van der Waals surface area (Å²) in [5.41, 5.74) is 2.69. The zero-order valence-corrected chi connectivity index (χ0v) is 13.0. The largest absolute Gasteiger partial charge is 0.334 e. The van der Waals surface area contributed by atoms with Gasteiger partial charge in [0.2, 0.25) is 0 Å². The minimum Gasteiger partial charge on any atom is -0.334 e. The number of aryl methyl sites for hydroxylation is 2. The van der Waals surface area contributed by atoms with Gasteiger partial charge in [0.05, 0.1) is 11.3 Å². The van der Waals surface area contributed by atoms with Gasteiger partial charge >= 0.3 is 0 Å². The maximum atomic E-state index is 12.5. The molecule has 0 fully saturated rings. The molecule has 0 saturated heterocycles. The van der Waals surface area contributed by atoms with Crippen molar-refractivity contribution < 1.29 is 4.79 Å². The Morgan fingerprint density at radius 1 is 1.38 bits per heavy atom. The van der Waals surface area contributed by atoms with Gasteiger partial charge in [0.1, 0.15) is 5.82 Å². The minimum absolute atomic E-state index is 0.0222. The van der Waals surface area contributed by atoms with E-state index in [2.05, 4.69) is 33.6 Å². The number of hydrogen-bond donors (Lipinski definition) is 0. The molecule has 3 rings (SSSR count). The van der Waals surface area contributed by atoms with Crippen LogP contribution in [-0.4, -0.2) is 33.9 Å². The van der Waals surface area contributed by atoms with Crippen molar-refractivity contribution in [3.8, 4) is 0 Å². The van der Waals surface area contributed by atoms with Gasteiger partial charge in [-0.15, -0.1) is 11.3 Å². The van der Waals surface area contributed by atoms with E-state index in [1.165, 1.54) is 10.5 Å². The van der Waals surface area contributed by atoms with E-state index in [1.807, 2.05) is 18.7 Å². The molecule has 2 aromatic rings. The van der Waals surface area contributed by atoms with Gasteiger partial charge in [-0.1, -0.05) is 12.1 Å². The van der Waals surface area contributed by atoms with Gasteiger partial charge in [0.15, 0.2) is 0 Å². The summed E-state index contributed by atoms with van der Waals surface area (Å²) < 4.78 is 0. The van der Waals surface area contributed by atoms with Crippen LogP contribution in [0.15, 0.2) is 29.8 Å². The third-order valence-electron chi connectivity index (χ3n) is 3.66. The number of amides is 1. The molecule has 0 radical (unpaired) electrons. The van der Waals surface area contributed by atoms with E-state index in [0.29, 0.717) is 17.9 Å². The van der Waals surface area contributed by atoms with Crippen LogP contribution in [-0.2, 0) is 0 Å². The predicted octanol–water partition coefficient (Wildman–Crippen LogP) is 3.08. The first-order chi connectivity index (χ1) is 10.1. The zero-order valence-electron chi connectivity index (χ0n) is 12.2. The highest BCUT2D eigenvalue weighted by atomic mass is 32.1. The van der Waals surface area contributed by atoms with Crippen LogP contribution in [0.4, 0.5) is 0 Å². The molecule has 0 unspecified atom stereocenters. The molecule has 1 aliphatic rings. The minimum atomic E-state index is 0.0222. The maximum Gasteiger partial charge on any atom is 0.257 e. The van der Waals surface area contributed by atoms with E-state index in [-0.39, 0.29) is 5.91 Å². The molecule has 0 N–H and O–H groups in total. The standard InChI is InChI=1S/C16H17N3OS/c1-11-14(10-17-12(2)18-11)16(20)19-7-5-13(6-8-19)15-4-3-9-21-15/h3-5,9-10H,6-8H2,1-2H3. The molecule has 108 valence electrons. The number of hydrogen-bond acceptors (Lipinski definition) is 4. The zero-order chi connectivity index (χ0) is 14.8. The van der Waals surface area contributed by atoms with Crippen LogP contribution in [0.3, 0.4) is 0 Å². The lowest BCUT2D eigenvalue weighted by atomic mass is 10.1. The lowest BCUT2D eigenvalue weighted by Crippen LogP contribution is -2.35. The third kappa shape index (κ3) is 2.88. The highest BCUT2D eigenvalue weighted by molar-refractivity contribution is 7.11. The van der Waals surface area contributed by atoms with Crippen LogP contribution in [0.1, 0.15) is 33.2 Å². The van der Waals surface area contributed by atoms with Crippen molar-refractivity contribution in [1.29, 1.82) is 0 Å². The lowest BCUT2D eigenvalue weighted by molar-refractivity contribution is 0.0771. The van der Waals surface area contributed by atoms with Gasteiger partial charge in [0, 0.05) is 24.2 Å². The highest BCUT2D eigenvalue weighted by Gasteiger charge is 2.21. The predicted molar refractivity (Wildman–Crippen MR) is 84.3 cm³/mol. The Kier molecular flexibility index (Phi) is 3.84. The summed E-state index contributed by atoms with van der Waals surface area (Å²) in [4.78, 5) is 24.1. The number of nitrogens with zero attached hydrogens (tertiary/aromatic N) is 3. The Hall–Kier alpha value is -2.01. The summed E-state index contributed by atoms with van der Waals surface area (Å²) in [5, 5.41) is 2.08. The average Bonchev–Trinajstić information content (AvgIpc) is 3.01. The first kappa shape index (κ1) is 13.9. The molecular weight excluding hydrogens is 282 g/mol. The van der Waals surface area contributed by atoms with Crippen molar-refractivity contribution in [1.82, 2.24) is 14.9 Å². The molecule has 1 amide bonds. The molecule has 1 aliphatic heterocycles. The number of carbonyl (C=O) groups excluding carboxylic acids is 1. The van der Waals surface area contributed by atoms with Crippen LogP contribution in [0.2, 0.25) is 0 Å². The first-order valence-corrected chi connectivity index (χ1v) is 7.85. The normalized spacial score (nSPS) is 15.0. The van der Waals surface area contributed by atoms with E-state index < -0.39 is 0 Å². The van der Waals surface area contributed by atoms with Gasteiger partial charge < -0.3 is 4.90 Å². The van der Waals surface area contributed by atoms with Crippen molar-refractivity contribution >= 4 is 22.8 Å². The molecule has 2 aromatic heterocycles. The topological polar surface area (TPSA) is 46.1 Å². The molecule has 5 heteroatoms. The van der Waals surface area contributed by atoms with Crippen LogP contribution in [0.5, 0.6) is 0 Å². The summed E-state index contributed by atoms with van der Waals surface area (Å²) in [5.74, 6) is 0.719. The fraction of sp³-hybridized carbons (Fsp3) is 0.312. The molecule has 0 saturated carbocycles. The van der Waals surface area contributed by atoms with Crippen LogP contribution >= 0.6 is 11.3 Å². The van der Waals surface area contributed by atoms with Crippen molar-refractivity contribution in [3.63, 3.8) is 0 Å². The second-order valence-corrected chi connectivity index (χ2v) is 6.07. The van der Waals surface area contributed by atoms with Gasteiger partial charge in [0.25, 0.3) is 5.91 Å². The Balaban J connectivity index is 1.76. The van der Waals surface area contributed by atoms with E-state index in [4.69, 9.17) is 0 Å². The maximum absolute atomic E-state index is 12.5. The molecule has 4 nitrogen and oxygen atoms in total. The number of aromatic nitrogens is 2. The summed E-state index contributed by atoms with van der Waals surface area (Å²) in [6, 6.07) is 4.19. The van der Waals surface area contributed by atoms with Crippen LogP contribution in [0.25, 0.3) is 5.57 Å². The molecule has 3 heterocycles. The van der Waals surface area contributed by atoms with Crippen LogP contribution in [0, 0.1) is 13.8 Å². The van der Waals surface area contributed by atoms with Crippen molar-refractivity contribution in [2.24, 2.45) is 0 Å². The van der Waals surface area contributed by atoms with Gasteiger partial charge in [-0.2, -0.15) is 0 Å². The van der Waals surface area contributed by atoms with Gasteiger partial charge in [-0.05, 0) is 37.3 Å². The Bertz CT molecular complexity index is 692.